The van der Waals surface area contributed by atoms with Crippen molar-refractivity contribution in [3.05, 3.63) is 12.2 Å². The zero-order valence-corrected chi connectivity index (χ0v) is 11.3. The summed E-state index contributed by atoms with van der Waals surface area (Å²) in [5, 5.41) is 0. The van der Waals surface area contributed by atoms with E-state index in [9.17, 15) is 4.79 Å². The number of hydrogen-bond donors (Lipinski definition) is 0. The van der Waals surface area contributed by atoms with E-state index in [-0.39, 0.29) is 11.6 Å². The predicted octanol–water partition coefficient (Wildman–Crippen LogP) is 3.85. The number of hydrogen-bond acceptors (Lipinski definition) is 2. The van der Waals surface area contributed by atoms with Crippen LogP contribution in [0.5, 0.6) is 0 Å². The minimum atomic E-state index is -0.198. The molecule has 0 spiro atoms. The van der Waals surface area contributed by atoms with E-state index in [0.717, 1.165) is 25.7 Å². The fourth-order valence-corrected chi connectivity index (χ4v) is 2.82. The van der Waals surface area contributed by atoms with E-state index in [1.54, 1.807) is 6.92 Å². The zero-order valence-electron chi connectivity index (χ0n) is 11.3. The monoisotopic (exact) mass is 236 g/mol. The third kappa shape index (κ3) is 2.72. The van der Waals surface area contributed by atoms with Crippen molar-refractivity contribution in [2.75, 3.05) is 0 Å². The molecule has 2 nitrogen and oxygen atoms in total. The normalized spacial score (nSPS) is 26.3. The first-order valence-electron chi connectivity index (χ1n) is 6.74. The Labute approximate surface area is 104 Å². The smallest absolute Gasteiger partial charge is 0.333 e. The van der Waals surface area contributed by atoms with Crippen molar-refractivity contribution in [3.8, 4) is 0 Å². The molecule has 0 radical (unpaired) electrons. The van der Waals surface area contributed by atoms with E-state index in [1.165, 1.54) is 12.8 Å². The molecule has 0 atom stereocenters. The first-order chi connectivity index (χ1) is 7.85. The number of carbonyl (C=O) groups is 1. The Morgan fingerprint density at radius 3 is 2.12 bits per heavy atom. The first-order valence-corrected chi connectivity index (χ1v) is 6.74. The molecule has 2 aliphatic rings. The summed E-state index contributed by atoms with van der Waals surface area (Å²) in [6, 6.07) is 0. The van der Waals surface area contributed by atoms with Crippen LogP contribution in [0.25, 0.3) is 0 Å². The first kappa shape index (κ1) is 12.7. The Hall–Kier alpha value is -0.790. The van der Waals surface area contributed by atoms with Crippen LogP contribution in [-0.2, 0) is 9.53 Å². The average molecular weight is 236 g/mol. The van der Waals surface area contributed by atoms with E-state index in [0.29, 0.717) is 16.9 Å². The summed E-state index contributed by atoms with van der Waals surface area (Å²) in [7, 11) is 0. The van der Waals surface area contributed by atoms with Gasteiger partial charge in [-0.25, -0.2) is 4.79 Å². The molecule has 96 valence electrons. The largest absolute Gasteiger partial charge is 0.455 e. The van der Waals surface area contributed by atoms with Crippen molar-refractivity contribution in [1.29, 1.82) is 0 Å². The van der Waals surface area contributed by atoms with Gasteiger partial charge in [0.15, 0.2) is 0 Å². The van der Waals surface area contributed by atoms with Gasteiger partial charge in [-0.1, -0.05) is 20.4 Å². The molecule has 0 aromatic heterocycles. The molecule has 0 saturated heterocycles. The molecule has 0 aromatic carbocycles. The van der Waals surface area contributed by atoms with Gasteiger partial charge in [-0.2, -0.15) is 0 Å². The quantitative estimate of drug-likeness (QED) is 0.549. The fraction of sp³-hybridized carbons (Fsp3) is 0.800. The number of ether oxygens (including phenoxy) is 1. The highest BCUT2D eigenvalue weighted by atomic mass is 16.6. The van der Waals surface area contributed by atoms with E-state index in [1.807, 2.05) is 0 Å². The summed E-state index contributed by atoms with van der Waals surface area (Å²) in [6.07, 6.45) is 6.83. The molecule has 0 amide bonds. The van der Waals surface area contributed by atoms with Crippen LogP contribution in [0.2, 0.25) is 0 Å². The van der Waals surface area contributed by atoms with Crippen LogP contribution in [-0.4, -0.2) is 11.6 Å². The van der Waals surface area contributed by atoms with Crippen LogP contribution in [0.3, 0.4) is 0 Å². The second-order valence-electron chi connectivity index (χ2n) is 6.67. The molecular formula is C15H24O2. The molecule has 0 unspecified atom stereocenters. The van der Waals surface area contributed by atoms with Gasteiger partial charge in [-0.15, -0.1) is 0 Å². The Balaban J connectivity index is 2.07. The highest BCUT2D eigenvalue weighted by molar-refractivity contribution is 5.87. The van der Waals surface area contributed by atoms with Crippen molar-refractivity contribution in [2.24, 2.45) is 11.3 Å². The van der Waals surface area contributed by atoms with Crippen molar-refractivity contribution < 1.29 is 9.53 Å². The highest BCUT2D eigenvalue weighted by Crippen LogP contribution is 2.53. The molecular weight excluding hydrogens is 212 g/mol. The lowest BCUT2D eigenvalue weighted by atomic mass is 9.69. The molecule has 0 aliphatic heterocycles. The number of carbonyl (C=O) groups excluding carboxylic acids is 1. The second-order valence-corrected chi connectivity index (χ2v) is 6.67. The Morgan fingerprint density at radius 1 is 1.18 bits per heavy atom. The summed E-state index contributed by atoms with van der Waals surface area (Å²) in [6.45, 7) is 10.0. The summed E-state index contributed by atoms with van der Waals surface area (Å²) in [5.41, 5.74) is 0.773. The molecule has 2 aliphatic carbocycles. The third-order valence-corrected chi connectivity index (χ3v) is 4.42. The van der Waals surface area contributed by atoms with Gasteiger partial charge in [0.1, 0.15) is 5.60 Å². The van der Waals surface area contributed by atoms with Gasteiger partial charge in [0.2, 0.25) is 0 Å². The van der Waals surface area contributed by atoms with Crippen molar-refractivity contribution in [3.63, 3.8) is 0 Å². The van der Waals surface area contributed by atoms with Gasteiger partial charge in [0.25, 0.3) is 0 Å². The maximum Gasteiger partial charge on any atom is 0.333 e. The van der Waals surface area contributed by atoms with E-state index in [2.05, 4.69) is 20.4 Å². The van der Waals surface area contributed by atoms with Gasteiger partial charge < -0.3 is 4.74 Å². The topological polar surface area (TPSA) is 26.3 Å². The van der Waals surface area contributed by atoms with Crippen molar-refractivity contribution >= 4 is 5.97 Å². The lowest BCUT2D eigenvalue weighted by molar-refractivity contribution is -0.164. The van der Waals surface area contributed by atoms with E-state index < -0.39 is 0 Å². The number of rotatable bonds is 3. The minimum absolute atomic E-state index is 0.161. The average Bonchev–Trinajstić information content (AvgIpc) is 3.05. The molecule has 0 heterocycles. The van der Waals surface area contributed by atoms with Crippen LogP contribution >= 0.6 is 0 Å². The maximum absolute atomic E-state index is 11.8. The zero-order chi connectivity index (χ0) is 12.7. The molecule has 0 N–H and O–H groups in total. The SMILES string of the molecule is C=C(C)C(=O)OC1(C2CC2)CCC(C)(C)CC1. The molecule has 2 saturated carbocycles. The summed E-state index contributed by atoms with van der Waals surface area (Å²) in [5.74, 6) is 0.415. The second kappa shape index (κ2) is 4.15. The molecule has 2 fully saturated rings. The molecule has 0 aromatic rings. The van der Waals surface area contributed by atoms with Gasteiger partial charge in [0, 0.05) is 5.57 Å². The summed E-state index contributed by atoms with van der Waals surface area (Å²) < 4.78 is 5.82. The molecule has 2 heteroatoms. The van der Waals surface area contributed by atoms with E-state index in [4.69, 9.17) is 4.74 Å². The van der Waals surface area contributed by atoms with Crippen molar-refractivity contribution in [1.82, 2.24) is 0 Å². The number of esters is 1. The third-order valence-electron chi connectivity index (χ3n) is 4.42. The fourth-order valence-electron chi connectivity index (χ4n) is 2.82. The highest BCUT2D eigenvalue weighted by Gasteiger charge is 2.51. The van der Waals surface area contributed by atoms with E-state index >= 15 is 0 Å². The van der Waals surface area contributed by atoms with Crippen LogP contribution in [0, 0.1) is 11.3 Å². The molecule has 0 bridgehead atoms. The Morgan fingerprint density at radius 2 is 1.71 bits per heavy atom. The Bertz CT molecular complexity index is 327. The summed E-state index contributed by atoms with van der Waals surface area (Å²) in [4.78, 5) is 11.8. The lowest BCUT2D eigenvalue weighted by Crippen LogP contribution is -2.43. The van der Waals surface area contributed by atoms with Gasteiger partial charge in [-0.05, 0) is 56.8 Å². The molecule has 17 heavy (non-hydrogen) atoms. The predicted molar refractivity (Wildman–Crippen MR) is 68.6 cm³/mol. The van der Waals surface area contributed by atoms with Gasteiger partial charge >= 0.3 is 5.97 Å². The van der Waals surface area contributed by atoms with Crippen LogP contribution in [0.1, 0.15) is 59.3 Å². The lowest BCUT2D eigenvalue weighted by Gasteiger charge is -2.43. The van der Waals surface area contributed by atoms with Gasteiger partial charge in [0.05, 0.1) is 0 Å². The molecule has 2 rings (SSSR count). The van der Waals surface area contributed by atoms with Crippen molar-refractivity contribution in [2.45, 2.75) is 64.9 Å². The van der Waals surface area contributed by atoms with Crippen LogP contribution in [0.15, 0.2) is 12.2 Å². The van der Waals surface area contributed by atoms with Crippen LogP contribution < -0.4 is 0 Å². The van der Waals surface area contributed by atoms with Crippen LogP contribution in [0.4, 0.5) is 0 Å². The Kier molecular flexibility index (Phi) is 3.09. The maximum atomic E-state index is 11.8. The van der Waals surface area contributed by atoms with Gasteiger partial charge in [-0.3, -0.25) is 0 Å². The minimum Gasteiger partial charge on any atom is -0.455 e. The summed E-state index contributed by atoms with van der Waals surface area (Å²) >= 11 is 0. The standard InChI is InChI=1S/C15H24O2/c1-11(2)13(16)17-15(12-5-6-12)9-7-14(3,4)8-10-15/h12H,1,5-10H2,2-4H3.